The standard InChI is InChI=1S/C28H29N3O4/c1-34-26-29-15-18(16-30-26)28(33)13-19-7-6-8-20(14-28)31(19)27(32)35-17-25-23-11-4-2-9-21(23)22-10-3-5-12-24(22)25/h2-5,9-12,15-16,19-20,25,33H,6-8,13-14,17H2,1H3. The first-order valence-corrected chi connectivity index (χ1v) is 12.3. The molecule has 0 radical (unpaired) electrons. The van der Waals surface area contributed by atoms with Crippen LogP contribution in [0.2, 0.25) is 0 Å². The van der Waals surface area contributed by atoms with Gasteiger partial charge in [0.2, 0.25) is 0 Å². The summed E-state index contributed by atoms with van der Waals surface area (Å²) in [6, 6.07) is 16.8. The predicted octanol–water partition coefficient (Wildman–Crippen LogP) is 4.64. The lowest BCUT2D eigenvalue weighted by Gasteiger charge is -2.51. The zero-order valence-electron chi connectivity index (χ0n) is 19.8. The van der Waals surface area contributed by atoms with Crippen molar-refractivity contribution in [1.29, 1.82) is 0 Å². The second-order valence-electron chi connectivity index (χ2n) is 9.85. The van der Waals surface area contributed by atoms with E-state index in [1.54, 1.807) is 12.4 Å². The van der Waals surface area contributed by atoms with Gasteiger partial charge < -0.3 is 19.5 Å². The van der Waals surface area contributed by atoms with Gasteiger partial charge in [-0.2, -0.15) is 0 Å². The smallest absolute Gasteiger partial charge is 0.410 e. The van der Waals surface area contributed by atoms with Crippen LogP contribution in [-0.4, -0.2) is 51.9 Å². The van der Waals surface area contributed by atoms with Gasteiger partial charge in [-0.15, -0.1) is 0 Å². The first kappa shape index (κ1) is 22.0. The van der Waals surface area contributed by atoms with E-state index >= 15 is 0 Å². The lowest BCUT2D eigenvalue weighted by Crippen LogP contribution is -2.59. The highest BCUT2D eigenvalue weighted by molar-refractivity contribution is 5.79. The number of hydrogen-bond donors (Lipinski definition) is 1. The molecule has 3 aromatic rings. The third-order valence-corrected chi connectivity index (χ3v) is 7.90. The lowest BCUT2D eigenvalue weighted by atomic mass is 9.73. The van der Waals surface area contributed by atoms with E-state index in [0.717, 1.165) is 19.3 Å². The highest BCUT2D eigenvalue weighted by Crippen LogP contribution is 2.46. The number of benzene rings is 2. The van der Waals surface area contributed by atoms with Crippen molar-refractivity contribution in [2.75, 3.05) is 13.7 Å². The van der Waals surface area contributed by atoms with Crippen LogP contribution in [0.15, 0.2) is 60.9 Å². The van der Waals surface area contributed by atoms with Crippen molar-refractivity contribution in [3.8, 4) is 17.1 Å². The molecule has 1 amide bonds. The summed E-state index contributed by atoms with van der Waals surface area (Å²) in [5, 5.41) is 11.5. The third kappa shape index (κ3) is 3.74. The molecule has 0 saturated carbocycles. The number of piperidine rings is 2. The maximum Gasteiger partial charge on any atom is 0.410 e. The fourth-order valence-corrected chi connectivity index (χ4v) is 6.29. The van der Waals surface area contributed by atoms with E-state index < -0.39 is 5.60 Å². The molecule has 2 fully saturated rings. The van der Waals surface area contributed by atoms with Crippen molar-refractivity contribution in [3.63, 3.8) is 0 Å². The van der Waals surface area contributed by atoms with Crippen LogP contribution in [-0.2, 0) is 10.3 Å². The predicted molar refractivity (Wildman–Crippen MR) is 130 cm³/mol. The molecule has 3 aliphatic rings. The molecule has 1 N–H and O–H groups in total. The number of ether oxygens (including phenoxy) is 2. The number of nitrogens with zero attached hydrogens (tertiary/aromatic N) is 3. The average Bonchev–Trinajstić information content (AvgIpc) is 3.20. The fraction of sp³-hybridized carbons (Fsp3) is 0.393. The van der Waals surface area contributed by atoms with Crippen LogP contribution in [0.25, 0.3) is 11.1 Å². The molecule has 0 spiro atoms. The minimum atomic E-state index is -1.07. The molecule has 35 heavy (non-hydrogen) atoms. The molecular formula is C28H29N3O4. The Hall–Kier alpha value is -3.45. The summed E-state index contributed by atoms with van der Waals surface area (Å²) in [6.45, 7) is 0.305. The number of amides is 1. The van der Waals surface area contributed by atoms with Crippen LogP contribution in [0.5, 0.6) is 6.01 Å². The zero-order valence-corrected chi connectivity index (χ0v) is 19.8. The highest BCUT2D eigenvalue weighted by atomic mass is 16.6. The molecule has 7 nitrogen and oxygen atoms in total. The quantitative estimate of drug-likeness (QED) is 0.597. The van der Waals surface area contributed by atoms with E-state index in [9.17, 15) is 9.90 Å². The van der Waals surface area contributed by atoms with E-state index in [2.05, 4.69) is 34.2 Å². The molecule has 2 bridgehead atoms. The second-order valence-corrected chi connectivity index (χ2v) is 9.85. The van der Waals surface area contributed by atoms with Gasteiger partial charge in [0.05, 0.1) is 12.7 Å². The van der Waals surface area contributed by atoms with E-state index in [1.807, 2.05) is 29.2 Å². The number of carbonyl (C=O) groups is 1. The van der Waals surface area contributed by atoms with Crippen LogP contribution < -0.4 is 4.74 Å². The fourth-order valence-electron chi connectivity index (χ4n) is 6.29. The van der Waals surface area contributed by atoms with Gasteiger partial charge in [0.15, 0.2) is 0 Å². The topological polar surface area (TPSA) is 84.8 Å². The molecule has 2 aliphatic heterocycles. The maximum atomic E-state index is 13.4. The van der Waals surface area contributed by atoms with Gasteiger partial charge in [-0.3, -0.25) is 0 Å². The van der Waals surface area contributed by atoms with Gasteiger partial charge in [-0.25, -0.2) is 14.8 Å². The number of aromatic nitrogens is 2. The minimum absolute atomic E-state index is 0.0318. The van der Waals surface area contributed by atoms with Gasteiger partial charge in [-0.1, -0.05) is 48.5 Å². The van der Waals surface area contributed by atoms with Crippen LogP contribution in [0, 0.1) is 0 Å². The Labute approximate surface area is 204 Å². The highest BCUT2D eigenvalue weighted by Gasteiger charge is 2.49. The Morgan fingerprint density at radius 1 is 1.00 bits per heavy atom. The average molecular weight is 472 g/mol. The Morgan fingerprint density at radius 2 is 1.57 bits per heavy atom. The van der Waals surface area contributed by atoms with Crippen molar-refractivity contribution in [3.05, 3.63) is 77.6 Å². The summed E-state index contributed by atoms with van der Waals surface area (Å²) in [5.74, 6) is 0.0318. The van der Waals surface area contributed by atoms with Crippen molar-refractivity contribution in [1.82, 2.24) is 14.9 Å². The van der Waals surface area contributed by atoms with Crippen molar-refractivity contribution < 1.29 is 19.4 Å². The normalized spacial score (nSPS) is 25.0. The van der Waals surface area contributed by atoms with E-state index in [-0.39, 0.29) is 30.1 Å². The Kier molecular flexibility index (Phi) is 5.44. The molecule has 7 heteroatoms. The Balaban J connectivity index is 1.19. The molecule has 2 atom stereocenters. The van der Waals surface area contributed by atoms with Crippen molar-refractivity contribution in [2.24, 2.45) is 0 Å². The first-order valence-electron chi connectivity index (χ1n) is 12.3. The summed E-state index contributed by atoms with van der Waals surface area (Å²) in [4.78, 5) is 23.6. The Bertz CT molecular complexity index is 1190. The number of carbonyl (C=O) groups excluding carboxylic acids is 1. The largest absolute Gasteiger partial charge is 0.467 e. The number of rotatable bonds is 4. The van der Waals surface area contributed by atoms with Crippen LogP contribution in [0.4, 0.5) is 4.79 Å². The van der Waals surface area contributed by atoms with E-state index in [0.29, 0.717) is 25.0 Å². The van der Waals surface area contributed by atoms with Crippen molar-refractivity contribution in [2.45, 2.75) is 55.7 Å². The number of fused-ring (bicyclic) bond motifs is 5. The SMILES string of the molecule is COc1ncc(C2(O)CC3CCCC(C2)N3C(=O)OCC2c3ccccc3-c3ccccc32)cn1. The minimum Gasteiger partial charge on any atom is -0.467 e. The number of methoxy groups -OCH3 is 1. The van der Waals surface area contributed by atoms with Gasteiger partial charge in [0.25, 0.3) is 0 Å². The summed E-state index contributed by atoms with van der Waals surface area (Å²) in [5.41, 5.74) is 4.43. The molecule has 1 aliphatic carbocycles. The molecule has 2 aromatic carbocycles. The van der Waals surface area contributed by atoms with Gasteiger partial charge in [0, 0.05) is 48.8 Å². The summed E-state index contributed by atoms with van der Waals surface area (Å²) in [6.07, 6.45) is 6.61. The van der Waals surface area contributed by atoms with Crippen LogP contribution >= 0.6 is 0 Å². The van der Waals surface area contributed by atoms with Gasteiger partial charge in [0.1, 0.15) is 6.61 Å². The second kappa shape index (κ2) is 8.64. The van der Waals surface area contributed by atoms with Gasteiger partial charge in [-0.05, 0) is 41.5 Å². The van der Waals surface area contributed by atoms with Crippen molar-refractivity contribution >= 4 is 6.09 Å². The van der Waals surface area contributed by atoms with Crippen LogP contribution in [0.3, 0.4) is 0 Å². The zero-order chi connectivity index (χ0) is 24.0. The molecule has 2 unspecified atom stereocenters. The van der Waals surface area contributed by atoms with Gasteiger partial charge >= 0.3 is 12.1 Å². The molecule has 6 rings (SSSR count). The number of hydrogen-bond acceptors (Lipinski definition) is 6. The molecule has 2 saturated heterocycles. The van der Waals surface area contributed by atoms with E-state index in [4.69, 9.17) is 9.47 Å². The lowest BCUT2D eigenvalue weighted by molar-refractivity contribution is -0.0894. The summed E-state index contributed by atoms with van der Waals surface area (Å²) in [7, 11) is 1.51. The molecule has 180 valence electrons. The molecule has 1 aromatic heterocycles. The first-order chi connectivity index (χ1) is 17.1. The summed E-state index contributed by atoms with van der Waals surface area (Å²) < 4.78 is 11.0. The third-order valence-electron chi connectivity index (χ3n) is 7.90. The molecule has 3 heterocycles. The summed E-state index contributed by atoms with van der Waals surface area (Å²) >= 11 is 0. The Morgan fingerprint density at radius 3 is 2.14 bits per heavy atom. The van der Waals surface area contributed by atoms with E-state index in [1.165, 1.54) is 29.4 Å². The molecular weight excluding hydrogens is 442 g/mol. The number of aliphatic hydroxyl groups is 1. The monoisotopic (exact) mass is 471 g/mol. The maximum absolute atomic E-state index is 13.4. The van der Waals surface area contributed by atoms with Crippen LogP contribution in [0.1, 0.15) is 54.7 Å².